The van der Waals surface area contributed by atoms with Crippen molar-refractivity contribution in [3.8, 4) is 22.6 Å². The maximum absolute atomic E-state index is 15.3. The number of aliphatic imine (C=N–C) groups is 1. The van der Waals surface area contributed by atoms with Gasteiger partial charge in [0.25, 0.3) is 0 Å². The van der Waals surface area contributed by atoms with E-state index in [-0.39, 0.29) is 11.3 Å². The summed E-state index contributed by atoms with van der Waals surface area (Å²) in [5, 5.41) is 3.14. The lowest BCUT2D eigenvalue weighted by molar-refractivity contribution is 0.0952. The molecule has 6 nitrogen and oxygen atoms in total. The van der Waals surface area contributed by atoms with E-state index in [2.05, 4.69) is 15.3 Å². The number of carbonyl (C=O) groups is 1. The summed E-state index contributed by atoms with van der Waals surface area (Å²) in [7, 11) is 3.47. The molecule has 0 spiro atoms. The number of rotatable bonds is 6. The zero-order valence-electron chi connectivity index (χ0n) is 18.8. The Kier molecular flexibility index (Phi) is 5.77. The third-order valence-corrected chi connectivity index (χ3v) is 5.96. The second-order valence-corrected chi connectivity index (χ2v) is 8.02. The van der Waals surface area contributed by atoms with Crippen molar-refractivity contribution in [3.63, 3.8) is 0 Å². The molecule has 2 heterocycles. The number of ether oxygens (including phenoxy) is 1. The van der Waals surface area contributed by atoms with Crippen LogP contribution < -0.4 is 10.1 Å². The number of halogens is 1. The third kappa shape index (κ3) is 3.80. The first-order chi connectivity index (χ1) is 16.6. The number of hydrogen-bond acceptors (Lipinski definition) is 5. The quantitative estimate of drug-likeness (QED) is 0.456. The van der Waals surface area contributed by atoms with E-state index in [0.717, 1.165) is 22.4 Å². The van der Waals surface area contributed by atoms with Crippen LogP contribution in [0, 0.1) is 5.82 Å². The Morgan fingerprint density at radius 2 is 1.88 bits per heavy atom. The minimum atomic E-state index is -0.970. The number of carbonyl (C=O) groups excluding carboxylic acids is 1. The highest BCUT2D eigenvalue weighted by molar-refractivity contribution is 6.08. The Labute approximate surface area is 196 Å². The van der Waals surface area contributed by atoms with Crippen LogP contribution >= 0.6 is 0 Å². The van der Waals surface area contributed by atoms with E-state index in [9.17, 15) is 4.79 Å². The van der Waals surface area contributed by atoms with E-state index in [1.165, 1.54) is 12.3 Å². The molecule has 3 aromatic carbocycles. The normalized spacial score (nSPS) is 14.8. The van der Waals surface area contributed by atoms with Gasteiger partial charge in [0, 0.05) is 17.8 Å². The number of Topliss-reactive ketones (excluding diaryl/α,β-unsaturated/α-hetero) is 1. The average molecular weight is 455 g/mol. The van der Waals surface area contributed by atoms with Crippen molar-refractivity contribution < 1.29 is 13.9 Å². The summed E-state index contributed by atoms with van der Waals surface area (Å²) in [5.74, 6) is -0.0544. The molecule has 0 saturated heterocycles. The Bertz CT molecular complexity index is 1390. The molecule has 1 aromatic heterocycles. The van der Waals surface area contributed by atoms with Gasteiger partial charge in [-0.2, -0.15) is 0 Å². The van der Waals surface area contributed by atoms with Crippen LogP contribution in [0.2, 0.25) is 0 Å². The van der Waals surface area contributed by atoms with E-state index >= 15 is 4.39 Å². The number of aromatic nitrogens is 2. The molecule has 0 bridgehead atoms. The average Bonchev–Trinajstić information content (AvgIpc) is 3.30. The van der Waals surface area contributed by atoms with Crippen molar-refractivity contribution >= 4 is 12.0 Å². The molecule has 0 amide bonds. The predicted molar refractivity (Wildman–Crippen MR) is 129 cm³/mol. The van der Waals surface area contributed by atoms with Crippen molar-refractivity contribution in [2.45, 2.75) is 12.6 Å². The first-order valence-corrected chi connectivity index (χ1v) is 10.9. The van der Waals surface area contributed by atoms with Gasteiger partial charge >= 0.3 is 0 Å². The maximum atomic E-state index is 15.3. The number of hydrogen-bond donors (Lipinski definition) is 1. The van der Waals surface area contributed by atoms with Gasteiger partial charge in [0.05, 0.1) is 13.3 Å². The van der Waals surface area contributed by atoms with Gasteiger partial charge in [0.1, 0.15) is 35.3 Å². The third-order valence-electron chi connectivity index (χ3n) is 5.96. The summed E-state index contributed by atoms with van der Waals surface area (Å²) < 4.78 is 22.3. The van der Waals surface area contributed by atoms with E-state index < -0.39 is 11.9 Å². The van der Waals surface area contributed by atoms with Gasteiger partial charge in [-0.15, -0.1) is 0 Å². The summed E-state index contributed by atoms with van der Waals surface area (Å²) >= 11 is 0. The molecule has 0 radical (unpaired) electrons. The highest BCUT2D eigenvalue weighted by Gasteiger charge is 2.32. The van der Waals surface area contributed by atoms with Crippen LogP contribution in [0.1, 0.15) is 33.4 Å². The molecule has 0 aliphatic carbocycles. The lowest BCUT2D eigenvalue weighted by Crippen LogP contribution is -2.21. The van der Waals surface area contributed by atoms with Crippen LogP contribution in [-0.4, -0.2) is 35.7 Å². The second kappa shape index (κ2) is 9.03. The highest BCUT2D eigenvalue weighted by Crippen LogP contribution is 2.33. The predicted octanol–water partition coefficient (Wildman–Crippen LogP) is 4.76. The van der Waals surface area contributed by atoms with Crippen molar-refractivity contribution in [1.82, 2.24) is 14.9 Å². The fourth-order valence-corrected chi connectivity index (χ4v) is 4.27. The van der Waals surface area contributed by atoms with Crippen LogP contribution in [-0.2, 0) is 6.54 Å². The van der Waals surface area contributed by atoms with Crippen LogP contribution in [0.3, 0.4) is 0 Å². The minimum Gasteiger partial charge on any atom is -0.497 e. The number of benzene rings is 3. The molecular weight excluding hydrogens is 431 g/mol. The molecule has 34 heavy (non-hydrogen) atoms. The summed E-state index contributed by atoms with van der Waals surface area (Å²) in [5.41, 5.74) is 4.61. The van der Waals surface area contributed by atoms with E-state index in [1.807, 2.05) is 61.6 Å². The van der Waals surface area contributed by atoms with E-state index in [0.29, 0.717) is 23.7 Å². The van der Waals surface area contributed by atoms with E-state index in [1.54, 1.807) is 24.1 Å². The zero-order chi connectivity index (χ0) is 23.7. The highest BCUT2D eigenvalue weighted by atomic mass is 19.1. The number of nitrogens with zero attached hydrogens (tertiary/aromatic N) is 3. The number of methoxy groups -OCH3 is 1. The number of ketones is 1. The molecule has 0 fully saturated rings. The van der Waals surface area contributed by atoms with Gasteiger partial charge < -0.3 is 10.1 Å². The lowest BCUT2D eigenvalue weighted by Gasteiger charge is -2.19. The van der Waals surface area contributed by atoms with Crippen molar-refractivity contribution in [2.75, 3.05) is 14.2 Å². The summed E-state index contributed by atoms with van der Waals surface area (Å²) in [4.78, 5) is 22.1. The monoisotopic (exact) mass is 454 g/mol. The van der Waals surface area contributed by atoms with Crippen molar-refractivity contribution in [2.24, 2.45) is 4.99 Å². The molecule has 1 atom stereocenters. The van der Waals surface area contributed by atoms with Crippen LogP contribution in [0.25, 0.3) is 16.8 Å². The van der Waals surface area contributed by atoms with Crippen molar-refractivity contribution in [1.29, 1.82) is 0 Å². The molecule has 1 N–H and O–H groups in total. The first kappa shape index (κ1) is 21.7. The standard InChI is InChI=1S/C27H23FN4O2/c1-29-14-18-5-3-4-6-21(18)17-7-12-22(23(28)13-17)25-27(33)26-24(15-30-25)31-16-32(26)19-8-10-20(34-2)11-9-19/h3-13,15-16,25,29H,14H2,1-2H3. The van der Waals surface area contributed by atoms with Gasteiger partial charge in [-0.05, 0) is 54.1 Å². The Balaban J connectivity index is 1.49. The minimum absolute atomic E-state index is 0.240. The maximum Gasteiger partial charge on any atom is 0.210 e. The van der Waals surface area contributed by atoms with Gasteiger partial charge in [0.15, 0.2) is 0 Å². The fraction of sp³-hybridized carbons (Fsp3) is 0.148. The number of nitrogens with one attached hydrogen (secondary N) is 1. The molecule has 0 saturated carbocycles. The smallest absolute Gasteiger partial charge is 0.210 e. The van der Waals surface area contributed by atoms with Gasteiger partial charge in [-0.25, -0.2) is 9.37 Å². The Hall–Kier alpha value is -4.10. The largest absolute Gasteiger partial charge is 0.497 e. The second-order valence-electron chi connectivity index (χ2n) is 8.02. The van der Waals surface area contributed by atoms with Crippen molar-refractivity contribution in [3.05, 3.63) is 101 Å². The summed E-state index contributed by atoms with van der Waals surface area (Å²) in [6, 6.07) is 19.2. The fourth-order valence-electron chi connectivity index (χ4n) is 4.27. The number of imidazole rings is 1. The molecule has 7 heteroatoms. The topological polar surface area (TPSA) is 68.5 Å². The SMILES string of the molecule is CNCc1ccccc1-c1ccc(C2N=Cc3ncn(-c4ccc(OC)cc4)c3C2=O)c(F)c1. The zero-order valence-corrected chi connectivity index (χ0v) is 18.8. The molecule has 1 aliphatic rings. The molecule has 170 valence electrons. The molecular formula is C27H23FN4O2. The molecule has 1 unspecified atom stereocenters. The van der Waals surface area contributed by atoms with Gasteiger partial charge in [-0.1, -0.05) is 36.4 Å². The van der Waals surface area contributed by atoms with Gasteiger partial charge in [-0.3, -0.25) is 14.4 Å². The number of fused-ring (bicyclic) bond motifs is 1. The van der Waals surface area contributed by atoms with Crippen LogP contribution in [0.4, 0.5) is 4.39 Å². The van der Waals surface area contributed by atoms with Crippen LogP contribution in [0.15, 0.2) is 78.0 Å². The molecule has 1 aliphatic heterocycles. The molecule has 5 rings (SSSR count). The Morgan fingerprint density at radius 1 is 1.09 bits per heavy atom. The summed E-state index contributed by atoms with van der Waals surface area (Å²) in [6.45, 7) is 0.670. The first-order valence-electron chi connectivity index (χ1n) is 10.9. The molecule has 4 aromatic rings. The Morgan fingerprint density at radius 3 is 2.62 bits per heavy atom. The van der Waals surface area contributed by atoms with Gasteiger partial charge in [0.2, 0.25) is 5.78 Å². The van der Waals surface area contributed by atoms with Crippen LogP contribution in [0.5, 0.6) is 5.75 Å². The van der Waals surface area contributed by atoms with E-state index in [4.69, 9.17) is 4.74 Å². The lowest BCUT2D eigenvalue weighted by atomic mass is 9.93. The summed E-state index contributed by atoms with van der Waals surface area (Å²) in [6.07, 6.45) is 3.12.